The molecule has 0 spiro atoms. The molecule has 2 N–H and O–H groups in total. The average molecular weight is 335 g/mol. The van der Waals surface area contributed by atoms with Gasteiger partial charge in [-0.2, -0.15) is 0 Å². The van der Waals surface area contributed by atoms with Crippen LogP contribution in [0.5, 0.6) is 11.5 Å². The maximum atomic E-state index is 10.7. The zero-order valence-corrected chi connectivity index (χ0v) is 13.4. The Morgan fingerprint density at radius 3 is 2.36 bits per heavy atom. The SMILES string of the molecule is O=[N+]([O-])c1ccc(Oc2cccc(CNNc3ccccc3)c2)cc1. The van der Waals surface area contributed by atoms with Gasteiger partial charge in [0.25, 0.3) is 5.69 Å². The van der Waals surface area contributed by atoms with Gasteiger partial charge in [0.2, 0.25) is 0 Å². The van der Waals surface area contributed by atoms with E-state index in [1.807, 2.05) is 54.6 Å². The van der Waals surface area contributed by atoms with Crippen molar-refractivity contribution in [2.24, 2.45) is 0 Å². The minimum Gasteiger partial charge on any atom is -0.457 e. The molecule has 0 fully saturated rings. The monoisotopic (exact) mass is 335 g/mol. The van der Waals surface area contributed by atoms with Crippen LogP contribution in [-0.4, -0.2) is 4.92 Å². The number of nitro groups is 1. The number of benzene rings is 3. The third-order valence-corrected chi connectivity index (χ3v) is 3.48. The second-order valence-electron chi connectivity index (χ2n) is 5.35. The lowest BCUT2D eigenvalue weighted by atomic mass is 10.2. The molecule has 3 aromatic carbocycles. The van der Waals surface area contributed by atoms with Gasteiger partial charge < -0.3 is 10.2 Å². The molecule has 0 atom stereocenters. The first kappa shape index (κ1) is 16.5. The fourth-order valence-electron chi connectivity index (χ4n) is 2.26. The lowest BCUT2D eigenvalue weighted by Gasteiger charge is -2.10. The molecule has 0 saturated carbocycles. The van der Waals surface area contributed by atoms with Gasteiger partial charge in [0.05, 0.1) is 4.92 Å². The molecular weight excluding hydrogens is 318 g/mol. The van der Waals surface area contributed by atoms with Gasteiger partial charge in [0.1, 0.15) is 11.5 Å². The highest BCUT2D eigenvalue weighted by Crippen LogP contribution is 2.24. The van der Waals surface area contributed by atoms with Crippen molar-refractivity contribution in [1.82, 2.24) is 5.43 Å². The number of ether oxygens (including phenoxy) is 1. The predicted octanol–water partition coefficient (Wildman–Crippen LogP) is 4.50. The molecular formula is C19H17N3O3. The highest BCUT2D eigenvalue weighted by atomic mass is 16.6. The molecule has 0 radical (unpaired) electrons. The van der Waals surface area contributed by atoms with Crippen LogP contribution in [-0.2, 0) is 6.54 Å². The Kier molecular flexibility index (Phi) is 5.23. The quantitative estimate of drug-likeness (QED) is 0.491. The molecule has 3 rings (SSSR count). The number of nitro benzene ring substituents is 1. The van der Waals surface area contributed by atoms with Crippen molar-refractivity contribution in [3.8, 4) is 11.5 Å². The summed E-state index contributed by atoms with van der Waals surface area (Å²) < 4.78 is 5.75. The van der Waals surface area contributed by atoms with E-state index in [-0.39, 0.29) is 5.69 Å². The summed E-state index contributed by atoms with van der Waals surface area (Å²) in [7, 11) is 0. The van der Waals surface area contributed by atoms with E-state index in [4.69, 9.17) is 4.74 Å². The average Bonchev–Trinajstić information content (AvgIpc) is 2.63. The van der Waals surface area contributed by atoms with Crippen molar-refractivity contribution in [2.45, 2.75) is 6.54 Å². The first-order chi connectivity index (χ1) is 12.2. The van der Waals surface area contributed by atoms with Crippen LogP contribution in [0.1, 0.15) is 5.56 Å². The lowest BCUT2D eigenvalue weighted by Crippen LogP contribution is -2.20. The van der Waals surface area contributed by atoms with Gasteiger partial charge in [-0.15, -0.1) is 0 Å². The van der Waals surface area contributed by atoms with Crippen LogP contribution < -0.4 is 15.6 Å². The molecule has 0 amide bonds. The summed E-state index contributed by atoms with van der Waals surface area (Å²) >= 11 is 0. The van der Waals surface area contributed by atoms with Crippen LogP contribution >= 0.6 is 0 Å². The van der Waals surface area contributed by atoms with Gasteiger partial charge in [0, 0.05) is 24.4 Å². The second-order valence-corrected chi connectivity index (χ2v) is 5.35. The second kappa shape index (κ2) is 7.94. The van der Waals surface area contributed by atoms with E-state index >= 15 is 0 Å². The summed E-state index contributed by atoms with van der Waals surface area (Å²) in [5, 5.41) is 10.7. The van der Waals surface area contributed by atoms with Crippen LogP contribution in [0.25, 0.3) is 0 Å². The highest BCUT2D eigenvalue weighted by molar-refractivity contribution is 5.42. The van der Waals surface area contributed by atoms with E-state index < -0.39 is 4.92 Å². The molecule has 126 valence electrons. The summed E-state index contributed by atoms with van der Waals surface area (Å²) in [6.07, 6.45) is 0. The van der Waals surface area contributed by atoms with Crippen LogP contribution in [0.15, 0.2) is 78.9 Å². The molecule has 0 saturated heterocycles. The van der Waals surface area contributed by atoms with Crippen LogP contribution in [0.3, 0.4) is 0 Å². The van der Waals surface area contributed by atoms with Crippen molar-refractivity contribution < 1.29 is 9.66 Å². The van der Waals surface area contributed by atoms with Crippen molar-refractivity contribution >= 4 is 11.4 Å². The molecule has 6 nitrogen and oxygen atoms in total. The van der Waals surface area contributed by atoms with Gasteiger partial charge in [-0.25, -0.2) is 5.43 Å². The van der Waals surface area contributed by atoms with Crippen molar-refractivity contribution in [3.05, 3.63) is 94.5 Å². The van der Waals surface area contributed by atoms with Crippen LogP contribution in [0, 0.1) is 10.1 Å². The van der Waals surface area contributed by atoms with Gasteiger partial charge in [0.15, 0.2) is 0 Å². The van der Waals surface area contributed by atoms with E-state index in [0.29, 0.717) is 18.0 Å². The number of hydrazine groups is 1. The lowest BCUT2D eigenvalue weighted by molar-refractivity contribution is -0.384. The van der Waals surface area contributed by atoms with Crippen molar-refractivity contribution in [1.29, 1.82) is 0 Å². The van der Waals surface area contributed by atoms with E-state index in [1.54, 1.807) is 12.1 Å². The van der Waals surface area contributed by atoms with E-state index in [9.17, 15) is 10.1 Å². The Hall–Kier alpha value is -3.38. The molecule has 0 unspecified atom stereocenters. The number of hydrogen-bond acceptors (Lipinski definition) is 5. The topological polar surface area (TPSA) is 76.4 Å². The first-order valence-corrected chi connectivity index (χ1v) is 7.76. The summed E-state index contributed by atoms with van der Waals surface area (Å²) in [6, 6.07) is 23.5. The predicted molar refractivity (Wildman–Crippen MR) is 96.5 cm³/mol. The standard InChI is InChI=1S/C19H17N3O3/c23-22(24)17-9-11-18(12-10-17)25-19-8-4-5-15(13-19)14-20-21-16-6-2-1-3-7-16/h1-13,20-21H,14H2. The van der Waals surface area contributed by atoms with E-state index in [0.717, 1.165) is 11.3 Å². The van der Waals surface area contributed by atoms with Gasteiger partial charge in [-0.3, -0.25) is 10.1 Å². The molecule has 0 aliphatic rings. The molecule has 0 heterocycles. The van der Waals surface area contributed by atoms with Crippen LogP contribution in [0.2, 0.25) is 0 Å². The maximum absolute atomic E-state index is 10.7. The molecule has 0 aliphatic heterocycles. The maximum Gasteiger partial charge on any atom is 0.269 e. The third kappa shape index (κ3) is 4.79. The van der Waals surface area contributed by atoms with E-state index in [1.165, 1.54) is 12.1 Å². The van der Waals surface area contributed by atoms with Gasteiger partial charge in [-0.05, 0) is 42.0 Å². The summed E-state index contributed by atoms with van der Waals surface area (Å²) in [4.78, 5) is 10.2. The van der Waals surface area contributed by atoms with Crippen LogP contribution in [0.4, 0.5) is 11.4 Å². The summed E-state index contributed by atoms with van der Waals surface area (Å²) in [5.41, 5.74) is 8.34. The zero-order chi connectivity index (χ0) is 17.5. The third-order valence-electron chi connectivity index (χ3n) is 3.48. The number of hydrogen-bond donors (Lipinski definition) is 2. The highest BCUT2D eigenvalue weighted by Gasteiger charge is 2.05. The Balaban J connectivity index is 1.58. The molecule has 0 bridgehead atoms. The Morgan fingerprint density at radius 1 is 0.880 bits per heavy atom. The molecule has 3 aromatic rings. The van der Waals surface area contributed by atoms with E-state index in [2.05, 4.69) is 10.9 Å². The fraction of sp³-hybridized carbons (Fsp3) is 0.0526. The zero-order valence-electron chi connectivity index (χ0n) is 13.4. The molecule has 25 heavy (non-hydrogen) atoms. The number of anilines is 1. The fourth-order valence-corrected chi connectivity index (χ4v) is 2.26. The number of nitrogens with one attached hydrogen (secondary N) is 2. The number of nitrogens with zero attached hydrogens (tertiary/aromatic N) is 1. The smallest absolute Gasteiger partial charge is 0.269 e. The number of non-ortho nitro benzene ring substituents is 1. The Labute approximate surface area is 145 Å². The van der Waals surface area contributed by atoms with Gasteiger partial charge in [-0.1, -0.05) is 30.3 Å². The Bertz CT molecular complexity index is 836. The number of rotatable bonds is 7. The summed E-state index contributed by atoms with van der Waals surface area (Å²) in [5.74, 6) is 1.23. The molecule has 0 aromatic heterocycles. The molecule has 0 aliphatic carbocycles. The minimum atomic E-state index is -0.435. The van der Waals surface area contributed by atoms with Gasteiger partial charge >= 0.3 is 0 Å². The van der Waals surface area contributed by atoms with Crippen molar-refractivity contribution in [2.75, 3.05) is 5.43 Å². The Morgan fingerprint density at radius 2 is 1.64 bits per heavy atom. The summed E-state index contributed by atoms with van der Waals surface area (Å²) in [6.45, 7) is 0.617. The largest absolute Gasteiger partial charge is 0.457 e. The minimum absolute atomic E-state index is 0.0392. The normalized spacial score (nSPS) is 10.2. The molecule has 6 heteroatoms. The first-order valence-electron chi connectivity index (χ1n) is 7.76. The van der Waals surface area contributed by atoms with Crippen molar-refractivity contribution in [3.63, 3.8) is 0 Å². The number of para-hydroxylation sites is 1.